The summed E-state index contributed by atoms with van der Waals surface area (Å²) < 4.78 is 7.00. The summed E-state index contributed by atoms with van der Waals surface area (Å²) in [4.78, 5) is 0. The van der Waals surface area contributed by atoms with E-state index in [0.29, 0.717) is 6.61 Å². The van der Waals surface area contributed by atoms with Crippen LogP contribution in [0.15, 0.2) is 35.0 Å². The first-order valence-electron chi connectivity index (χ1n) is 7.68. The van der Waals surface area contributed by atoms with Gasteiger partial charge in [0.15, 0.2) is 0 Å². The van der Waals surface area contributed by atoms with E-state index in [1.54, 1.807) is 0 Å². The number of halogens is 1. The average molecular weight is 359 g/mol. The summed E-state index contributed by atoms with van der Waals surface area (Å²) >= 11 is 3.68. The third-order valence-electron chi connectivity index (χ3n) is 2.89. The first-order valence-corrected chi connectivity index (χ1v) is 12.0. The molecular weight excluding hydrogens is 328 g/mol. The fourth-order valence-corrected chi connectivity index (χ4v) is 2.96. The van der Waals surface area contributed by atoms with Crippen molar-refractivity contribution in [1.29, 1.82) is 0 Å². The Labute approximate surface area is 135 Å². The smallest absolute Gasteiger partial charge is 0.0893 e. The van der Waals surface area contributed by atoms with E-state index in [1.165, 1.54) is 25.7 Å². The summed E-state index contributed by atoms with van der Waals surface area (Å²) in [6, 6.07) is 0. The Morgan fingerprint density at radius 3 is 2.50 bits per heavy atom. The molecule has 0 aliphatic carbocycles. The Kier molecular flexibility index (Phi) is 11.5. The second kappa shape index (κ2) is 11.5. The molecule has 0 heterocycles. The Bertz CT molecular complexity index is 315. The van der Waals surface area contributed by atoms with E-state index in [0.717, 1.165) is 10.9 Å². The van der Waals surface area contributed by atoms with Gasteiger partial charge in [-0.25, -0.2) is 0 Å². The van der Waals surface area contributed by atoms with Crippen LogP contribution >= 0.6 is 15.9 Å². The Hall–Kier alpha value is -0.123. The molecule has 0 spiro atoms. The van der Waals surface area contributed by atoms with E-state index in [2.05, 4.69) is 66.9 Å². The molecule has 0 saturated heterocycles. The molecule has 1 unspecified atom stereocenters. The van der Waals surface area contributed by atoms with Crippen molar-refractivity contribution in [3.8, 4) is 0 Å². The maximum Gasteiger partial charge on any atom is 0.0893 e. The number of allylic oxidation sites excluding steroid dienone is 2. The lowest BCUT2D eigenvalue weighted by atomic mass is 10.1. The highest BCUT2D eigenvalue weighted by molar-refractivity contribution is 9.11. The average Bonchev–Trinajstić information content (AvgIpc) is 2.36. The molecule has 1 atom stereocenters. The highest BCUT2D eigenvalue weighted by Gasteiger charge is 2.12. The minimum Gasteiger partial charge on any atom is -0.369 e. The molecule has 0 bridgehead atoms. The van der Waals surface area contributed by atoms with Crippen molar-refractivity contribution >= 4 is 24.0 Å². The van der Waals surface area contributed by atoms with Gasteiger partial charge in [-0.1, -0.05) is 92.1 Å². The van der Waals surface area contributed by atoms with Crippen LogP contribution in [0.3, 0.4) is 0 Å². The number of hydrogen-bond acceptors (Lipinski definition) is 1. The first kappa shape index (κ1) is 19.9. The van der Waals surface area contributed by atoms with E-state index in [9.17, 15) is 0 Å². The fourth-order valence-electron chi connectivity index (χ4n) is 1.78. The van der Waals surface area contributed by atoms with Gasteiger partial charge in [0.2, 0.25) is 0 Å². The quantitative estimate of drug-likeness (QED) is 0.184. The molecule has 0 saturated carbocycles. The molecule has 0 N–H and O–H groups in total. The predicted octanol–water partition coefficient (Wildman–Crippen LogP) is 6.24. The summed E-state index contributed by atoms with van der Waals surface area (Å²) in [7, 11) is -1.12. The van der Waals surface area contributed by atoms with Crippen LogP contribution in [0.4, 0.5) is 0 Å². The Balaban J connectivity index is 4.45. The van der Waals surface area contributed by atoms with Crippen LogP contribution in [0, 0.1) is 0 Å². The van der Waals surface area contributed by atoms with Crippen LogP contribution < -0.4 is 0 Å². The minimum absolute atomic E-state index is 0.163. The summed E-state index contributed by atoms with van der Waals surface area (Å²) in [5.74, 6) is 0. The van der Waals surface area contributed by atoms with Crippen molar-refractivity contribution < 1.29 is 4.74 Å². The van der Waals surface area contributed by atoms with Gasteiger partial charge in [-0.05, 0) is 6.42 Å². The molecule has 0 amide bonds. The van der Waals surface area contributed by atoms with Crippen molar-refractivity contribution in [3.05, 3.63) is 35.0 Å². The van der Waals surface area contributed by atoms with Crippen molar-refractivity contribution in [1.82, 2.24) is 0 Å². The predicted molar refractivity (Wildman–Crippen MR) is 98.2 cm³/mol. The van der Waals surface area contributed by atoms with E-state index >= 15 is 0 Å². The molecular formula is C17H31BrOSi. The standard InChI is InChI=1S/C17H31BrOSi/c1-6-8-9-10-13-17(19-14-7-2)16(18)12-11-15-20(3,4)5/h7,11-12,15,17H,2,6,8-10,13-14H2,1,3-5H3/b15-11+,16-12-. The second-order valence-electron chi connectivity index (χ2n) is 6.24. The zero-order valence-corrected chi connectivity index (χ0v) is 16.2. The second-order valence-corrected chi connectivity index (χ2v) is 12.2. The molecule has 116 valence electrons. The molecule has 3 heteroatoms. The van der Waals surface area contributed by atoms with Crippen LogP contribution in [0.5, 0.6) is 0 Å². The van der Waals surface area contributed by atoms with Crippen LogP contribution in [0.1, 0.15) is 39.0 Å². The zero-order valence-electron chi connectivity index (χ0n) is 13.6. The highest BCUT2D eigenvalue weighted by atomic mass is 79.9. The third kappa shape index (κ3) is 11.7. The van der Waals surface area contributed by atoms with E-state index in [-0.39, 0.29) is 6.10 Å². The molecule has 1 nitrogen and oxygen atoms in total. The van der Waals surface area contributed by atoms with Gasteiger partial charge in [-0.3, -0.25) is 0 Å². The summed E-state index contributed by atoms with van der Waals surface area (Å²) in [6.07, 6.45) is 12.5. The SMILES string of the molecule is C=CCOC(CCCCCC)/C(Br)=C/C=C/[Si](C)(C)C. The van der Waals surface area contributed by atoms with Gasteiger partial charge in [0, 0.05) is 4.48 Å². The lowest BCUT2D eigenvalue weighted by Crippen LogP contribution is -2.15. The number of rotatable bonds is 11. The summed E-state index contributed by atoms with van der Waals surface area (Å²) in [5, 5.41) is 0. The van der Waals surface area contributed by atoms with Crippen LogP contribution in [0.25, 0.3) is 0 Å². The minimum atomic E-state index is -1.12. The maximum absolute atomic E-state index is 5.86. The third-order valence-corrected chi connectivity index (χ3v) is 4.86. The van der Waals surface area contributed by atoms with Crippen LogP contribution in [-0.2, 0) is 4.74 Å². The Morgan fingerprint density at radius 2 is 1.95 bits per heavy atom. The highest BCUT2D eigenvalue weighted by Crippen LogP contribution is 2.21. The summed E-state index contributed by atoms with van der Waals surface area (Å²) in [5.41, 5.74) is 2.34. The van der Waals surface area contributed by atoms with Crippen molar-refractivity contribution in [2.24, 2.45) is 0 Å². The lowest BCUT2D eigenvalue weighted by molar-refractivity contribution is 0.0985. The van der Waals surface area contributed by atoms with E-state index < -0.39 is 8.07 Å². The van der Waals surface area contributed by atoms with Crippen LogP contribution in [-0.4, -0.2) is 20.8 Å². The molecule has 0 fully saturated rings. The van der Waals surface area contributed by atoms with Gasteiger partial charge < -0.3 is 4.74 Å². The largest absolute Gasteiger partial charge is 0.369 e. The molecule has 0 aromatic carbocycles. The normalized spacial score (nSPS) is 14.8. The van der Waals surface area contributed by atoms with Crippen molar-refractivity contribution in [2.45, 2.75) is 64.8 Å². The molecule has 0 aliphatic heterocycles. The fraction of sp³-hybridized carbons (Fsp3) is 0.647. The van der Waals surface area contributed by atoms with Crippen molar-refractivity contribution in [2.75, 3.05) is 6.61 Å². The lowest BCUT2D eigenvalue weighted by Gasteiger charge is -2.16. The van der Waals surface area contributed by atoms with Gasteiger partial charge in [0.1, 0.15) is 0 Å². The molecule has 20 heavy (non-hydrogen) atoms. The monoisotopic (exact) mass is 358 g/mol. The number of ether oxygens (including phenoxy) is 1. The maximum atomic E-state index is 5.86. The molecule has 0 rings (SSSR count). The van der Waals surface area contributed by atoms with Gasteiger partial charge in [0.05, 0.1) is 20.8 Å². The van der Waals surface area contributed by atoms with Crippen LogP contribution in [0.2, 0.25) is 19.6 Å². The van der Waals surface area contributed by atoms with Gasteiger partial charge in [-0.2, -0.15) is 0 Å². The van der Waals surface area contributed by atoms with E-state index in [1.807, 2.05) is 6.08 Å². The first-order chi connectivity index (χ1) is 9.40. The topological polar surface area (TPSA) is 9.23 Å². The Morgan fingerprint density at radius 1 is 1.25 bits per heavy atom. The van der Waals surface area contributed by atoms with Gasteiger partial charge in [0.25, 0.3) is 0 Å². The van der Waals surface area contributed by atoms with E-state index in [4.69, 9.17) is 4.74 Å². The number of unbranched alkanes of at least 4 members (excludes halogenated alkanes) is 3. The van der Waals surface area contributed by atoms with Crippen molar-refractivity contribution in [3.63, 3.8) is 0 Å². The molecule has 0 aliphatic rings. The molecule has 0 radical (unpaired) electrons. The number of hydrogen-bond donors (Lipinski definition) is 0. The van der Waals surface area contributed by atoms with Gasteiger partial charge in [-0.15, -0.1) is 6.58 Å². The van der Waals surface area contributed by atoms with Gasteiger partial charge >= 0.3 is 0 Å². The molecule has 0 aromatic rings. The zero-order chi connectivity index (χ0) is 15.4. The summed E-state index contributed by atoms with van der Waals surface area (Å²) in [6.45, 7) is 13.6. The molecule has 0 aromatic heterocycles.